The van der Waals surface area contributed by atoms with Crippen LogP contribution in [0.3, 0.4) is 0 Å². The fourth-order valence-electron chi connectivity index (χ4n) is 1.85. The highest BCUT2D eigenvalue weighted by Gasteiger charge is 2.16. The number of hydrogen-bond acceptors (Lipinski definition) is 3. The average Bonchev–Trinajstić information content (AvgIpc) is 2.45. The number of nitrogens with one attached hydrogen (secondary N) is 1. The van der Waals surface area contributed by atoms with Gasteiger partial charge in [0.2, 0.25) is 0 Å². The van der Waals surface area contributed by atoms with Gasteiger partial charge in [-0.05, 0) is 12.1 Å². The number of amides is 1. The van der Waals surface area contributed by atoms with Crippen LogP contribution in [0.1, 0.15) is 15.9 Å². The standard InChI is InChI=1S/C15H14F2N2O2/c1-21-8-9-4-2-3-5-14(9)19-15(20)10-6-13(18)12(17)7-11(10)16/h2-7H,8,18H2,1H3,(H,19,20). The van der Waals surface area contributed by atoms with Gasteiger partial charge in [-0.1, -0.05) is 18.2 Å². The first-order valence-corrected chi connectivity index (χ1v) is 6.15. The van der Waals surface area contributed by atoms with Crippen LogP contribution in [0.4, 0.5) is 20.2 Å². The van der Waals surface area contributed by atoms with E-state index in [1.165, 1.54) is 7.11 Å². The normalized spacial score (nSPS) is 10.4. The molecule has 0 aromatic heterocycles. The highest BCUT2D eigenvalue weighted by Crippen LogP contribution is 2.20. The predicted octanol–water partition coefficient (Wildman–Crippen LogP) is 2.95. The van der Waals surface area contributed by atoms with E-state index < -0.39 is 17.5 Å². The number of para-hydroxylation sites is 1. The van der Waals surface area contributed by atoms with Crippen LogP contribution in [0, 0.1) is 11.6 Å². The van der Waals surface area contributed by atoms with Crippen LogP contribution in [0.15, 0.2) is 36.4 Å². The fourth-order valence-corrected chi connectivity index (χ4v) is 1.85. The first-order chi connectivity index (χ1) is 10.0. The molecule has 0 atom stereocenters. The van der Waals surface area contributed by atoms with E-state index in [1.807, 2.05) is 0 Å². The summed E-state index contributed by atoms with van der Waals surface area (Å²) in [5.41, 5.74) is 5.98. The molecule has 3 N–H and O–H groups in total. The molecular weight excluding hydrogens is 278 g/mol. The van der Waals surface area contributed by atoms with Crippen LogP contribution >= 0.6 is 0 Å². The lowest BCUT2D eigenvalue weighted by Crippen LogP contribution is -2.16. The van der Waals surface area contributed by atoms with E-state index in [1.54, 1.807) is 24.3 Å². The van der Waals surface area contributed by atoms with Crippen LogP contribution in [-0.2, 0) is 11.3 Å². The monoisotopic (exact) mass is 292 g/mol. The summed E-state index contributed by atoms with van der Waals surface area (Å²) in [6.45, 7) is 0.296. The van der Waals surface area contributed by atoms with Gasteiger partial charge in [0.05, 0.1) is 17.9 Å². The van der Waals surface area contributed by atoms with Crippen LogP contribution in [-0.4, -0.2) is 13.0 Å². The molecule has 2 rings (SSSR count). The number of ether oxygens (including phenoxy) is 1. The van der Waals surface area contributed by atoms with Gasteiger partial charge in [0, 0.05) is 24.4 Å². The molecule has 0 aliphatic heterocycles. The van der Waals surface area contributed by atoms with Crippen LogP contribution in [0.5, 0.6) is 0 Å². The van der Waals surface area contributed by atoms with E-state index in [0.29, 0.717) is 18.4 Å². The first-order valence-electron chi connectivity index (χ1n) is 6.15. The second-order valence-corrected chi connectivity index (χ2v) is 4.40. The summed E-state index contributed by atoms with van der Waals surface area (Å²) in [5, 5.41) is 2.56. The fraction of sp³-hybridized carbons (Fsp3) is 0.133. The van der Waals surface area contributed by atoms with Crippen molar-refractivity contribution in [3.8, 4) is 0 Å². The van der Waals surface area contributed by atoms with Crippen molar-refractivity contribution in [2.75, 3.05) is 18.2 Å². The Kier molecular flexibility index (Phi) is 4.49. The van der Waals surface area contributed by atoms with Crippen molar-refractivity contribution < 1.29 is 18.3 Å². The zero-order valence-corrected chi connectivity index (χ0v) is 11.3. The molecule has 2 aromatic rings. The highest BCUT2D eigenvalue weighted by molar-refractivity contribution is 6.05. The molecule has 0 bridgehead atoms. The Morgan fingerprint density at radius 2 is 1.95 bits per heavy atom. The lowest BCUT2D eigenvalue weighted by Gasteiger charge is -2.11. The van der Waals surface area contributed by atoms with E-state index in [2.05, 4.69) is 5.32 Å². The Morgan fingerprint density at radius 3 is 2.67 bits per heavy atom. The van der Waals surface area contributed by atoms with Crippen molar-refractivity contribution >= 4 is 17.3 Å². The summed E-state index contributed by atoms with van der Waals surface area (Å²) < 4.78 is 31.8. The van der Waals surface area contributed by atoms with Gasteiger partial charge in [-0.3, -0.25) is 4.79 Å². The number of benzene rings is 2. The Hall–Kier alpha value is -2.47. The quantitative estimate of drug-likeness (QED) is 0.852. The number of carbonyl (C=O) groups is 1. The van der Waals surface area contributed by atoms with Gasteiger partial charge in [0.1, 0.15) is 11.6 Å². The van der Waals surface area contributed by atoms with Crippen molar-refractivity contribution in [1.82, 2.24) is 0 Å². The lowest BCUT2D eigenvalue weighted by atomic mass is 10.1. The topological polar surface area (TPSA) is 64.3 Å². The molecule has 0 aliphatic carbocycles. The maximum Gasteiger partial charge on any atom is 0.258 e. The lowest BCUT2D eigenvalue weighted by molar-refractivity contribution is 0.102. The average molecular weight is 292 g/mol. The van der Waals surface area contributed by atoms with Crippen LogP contribution < -0.4 is 11.1 Å². The predicted molar refractivity (Wildman–Crippen MR) is 75.9 cm³/mol. The number of carbonyl (C=O) groups excluding carboxylic acids is 1. The molecule has 4 nitrogen and oxygen atoms in total. The van der Waals surface area contributed by atoms with E-state index in [0.717, 1.165) is 11.6 Å². The summed E-state index contributed by atoms with van der Waals surface area (Å²) in [5.74, 6) is -2.57. The molecule has 2 aromatic carbocycles. The SMILES string of the molecule is COCc1ccccc1NC(=O)c1cc(N)c(F)cc1F. The smallest absolute Gasteiger partial charge is 0.258 e. The molecule has 1 amide bonds. The minimum absolute atomic E-state index is 0.285. The van der Waals surface area contributed by atoms with Gasteiger partial charge in [0.15, 0.2) is 0 Å². The molecular formula is C15H14F2N2O2. The molecule has 0 spiro atoms. The van der Waals surface area contributed by atoms with E-state index in [9.17, 15) is 13.6 Å². The van der Waals surface area contributed by atoms with Gasteiger partial charge in [-0.15, -0.1) is 0 Å². The largest absolute Gasteiger partial charge is 0.396 e. The third-order valence-corrected chi connectivity index (χ3v) is 2.90. The number of rotatable bonds is 4. The molecule has 0 fully saturated rings. The summed E-state index contributed by atoms with van der Waals surface area (Å²) in [6, 6.07) is 8.51. The molecule has 0 heterocycles. The number of halogens is 2. The third-order valence-electron chi connectivity index (χ3n) is 2.90. The maximum atomic E-state index is 13.7. The minimum Gasteiger partial charge on any atom is -0.396 e. The van der Waals surface area contributed by atoms with E-state index in [4.69, 9.17) is 10.5 Å². The summed E-state index contributed by atoms with van der Waals surface area (Å²) in [4.78, 5) is 12.1. The molecule has 0 saturated carbocycles. The summed E-state index contributed by atoms with van der Waals surface area (Å²) in [6.07, 6.45) is 0. The number of nitrogens with two attached hydrogens (primary N) is 1. The van der Waals surface area contributed by atoms with Crippen LogP contribution in [0.25, 0.3) is 0 Å². The van der Waals surface area contributed by atoms with E-state index in [-0.39, 0.29) is 11.3 Å². The highest BCUT2D eigenvalue weighted by atomic mass is 19.1. The molecule has 110 valence electrons. The number of anilines is 2. The van der Waals surface area contributed by atoms with E-state index >= 15 is 0 Å². The zero-order chi connectivity index (χ0) is 15.4. The third kappa shape index (κ3) is 3.35. The summed E-state index contributed by atoms with van der Waals surface area (Å²) in [7, 11) is 1.53. The Morgan fingerprint density at radius 1 is 1.24 bits per heavy atom. The Balaban J connectivity index is 2.28. The second-order valence-electron chi connectivity index (χ2n) is 4.40. The van der Waals surface area contributed by atoms with Crippen molar-refractivity contribution in [3.63, 3.8) is 0 Å². The molecule has 0 radical (unpaired) electrons. The van der Waals surface area contributed by atoms with Crippen LogP contribution in [0.2, 0.25) is 0 Å². The van der Waals surface area contributed by atoms with Crippen molar-refractivity contribution in [2.45, 2.75) is 6.61 Å². The zero-order valence-electron chi connectivity index (χ0n) is 11.3. The molecule has 6 heteroatoms. The second kappa shape index (κ2) is 6.32. The molecule has 21 heavy (non-hydrogen) atoms. The number of hydrogen-bond donors (Lipinski definition) is 2. The number of nitrogen functional groups attached to an aromatic ring is 1. The van der Waals surface area contributed by atoms with Gasteiger partial charge in [-0.25, -0.2) is 8.78 Å². The van der Waals surface area contributed by atoms with Crippen molar-refractivity contribution in [2.24, 2.45) is 0 Å². The van der Waals surface area contributed by atoms with Gasteiger partial charge in [0.25, 0.3) is 5.91 Å². The van der Waals surface area contributed by atoms with Gasteiger partial charge >= 0.3 is 0 Å². The molecule has 0 saturated heterocycles. The number of methoxy groups -OCH3 is 1. The van der Waals surface area contributed by atoms with Crippen molar-refractivity contribution in [3.05, 3.63) is 59.2 Å². The van der Waals surface area contributed by atoms with Gasteiger partial charge in [-0.2, -0.15) is 0 Å². The maximum absolute atomic E-state index is 13.7. The molecule has 0 unspecified atom stereocenters. The van der Waals surface area contributed by atoms with Crippen molar-refractivity contribution in [1.29, 1.82) is 0 Å². The summed E-state index contributed by atoms with van der Waals surface area (Å²) >= 11 is 0. The molecule has 0 aliphatic rings. The minimum atomic E-state index is -0.969. The Labute approximate surface area is 120 Å². The first kappa shape index (κ1) is 14.9. The van der Waals surface area contributed by atoms with Gasteiger partial charge < -0.3 is 15.8 Å². The Bertz CT molecular complexity index is 675.